The molecule has 2 aromatic heterocycles. The fraction of sp³-hybridized carbons (Fsp3) is 0.238. The molecule has 0 bridgehead atoms. The molecule has 0 radical (unpaired) electrons. The van der Waals surface area contributed by atoms with Crippen LogP contribution in [0.5, 0.6) is 5.75 Å². The van der Waals surface area contributed by atoms with Gasteiger partial charge < -0.3 is 14.8 Å². The lowest BCUT2D eigenvalue weighted by Gasteiger charge is -2.12. The number of benzene rings is 1. The number of carbonyl (C=O) groups is 2. The minimum Gasteiger partial charge on any atom is -0.495 e. The third kappa shape index (κ3) is 5.15. The van der Waals surface area contributed by atoms with Crippen molar-refractivity contribution in [1.82, 2.24) is 14.8 Å². The van der Waals surface area contributed by atoms with Gasteiger partial charge in [-0.3, -0.25) is 4.79 Å². The highest BCUT2D eigenvalue weighted by Crippen LogP contribution is 2.30. The van der Waals surface area contributed by atoms with Crippen molar-refractivity contribution in [2.75, 3.05) is 19.0 Å². The van der Waals surface area contributed by atoms with Crippen molar-refractivity contribution in [2.45, 2.75) is 20.8 Å². The smallest absolute Gasteiger partial charge is 0.359 e. The van der Waals surface area contributed by atoms with Crippen LogP contribution in [0.3, 0.4) is 0 Å². The minimum absolute atomic E-state index is 0.102. The second-order valence-electron chi connectivity index (χ2n) is 6.76. The largest absolute Gasteiger partial charge is 0.495 e. The molecule has 1 amide bonds. The number of aryl methyl sites for hydroxylation is 3. The van der Waals surface area contributed by atoms with E-state index in [1.165, 1.54) is 13.2 Å². The lowest BCUT2D eigenvalue weighted by Crippen LogP contribution is -2.22. The highest BCUT2D eigenvalue weighted by molar-refractivity contribution is 6.33. The van der Waals surface area contributed by atoms with E-state index >= 15 is 0 Å². The summed E-state index contributed by atoms with van der Waals surface area (Å²) in [7, 11) is 1.46. The van der Waals surface area contributed by atoms with Gasteiger partial charge in [0, 0.05) is 16.8 Å². The lowest BCUT2D eigenvalue weighted by atomic mass is 10.2. The summed E-state index contributed by atoms with van der Waals surface area (Å²) in [6.07, 6.45) is 0. The molecule has 0 saturated carbocycles. The molecule has 1 aromatic carbocycles. The van der Waals surface area contributed by atoms with Gasteiger partial charge in [0.25, 0.3) is 5.91 Å². The van der Waals surface area contributed by atoms with Gasteiger partial charge in [-0.15, -0.1) is 0 Å². The molecule has 0 aliphatic carbocycles. The van der Waals surface area contributed by atoms with Crippen LogP contribution in [0, 0.1) is 20.8 Å². The Morgan fingerprint density at radius 2 is 1.84 bits per heavy atom. The molecule has 3 rings (SSSR count). The van der Waals surface area contributed by atoms with Crippen LogP contribution in [0.4, 0.5) is 5.69 Å². The summed E-state index contributed by atoms with van der Waals surface area (Å²) < 4.78 is 11.9. The molecule has 1 N–H and O–H groups in total. The molecular formula is C21H20Cl2N4O4. The van der Waals surface area contributed by atoms with E-state index in [9.17, 15) is 9.59 Å². The van der Waals surface area contributed by atoms with Gasteiger partial charge in [-0.05, 0) is 50.6 Å². The van der Waals surface area contributed by atoms with Crippen LogP contribution in [-0.4, -0.2) is 40.4 Å². The van der Waals surface area contributed by atoms with E-state index in [0.717, 1.165) is 17.0 Å². The molecule has 0 aliphatic rings. The molecule has 0 saturated heterocycles. The molecule has 0 atom stereocenters. The summed E-state index contributed by atoms with van der Waals surface area (Å²) in [5, 5.41) is 7.57. The number of halogens is 2. The van der Waals surface area contributed by atoms with Crippen LogP contribution >= 0.6 is 23.2 Å². The molecule has 3 aromatic rings. The maximum Gasteiger partial charge on any atom is 0.359 e. The average molecular weight is 463 g/mol. The number of amides is 1. The molecule has 31 heavy (non-hydrogen) atoms. The Balaban J connectivity index is 1.71. The van der Waals surface area contributed by atoms with Gasteiger partial charge in [0.1, 0.15) is 5.75 Å². The van der Waals surface area contributed by atoms with Crippen LogP contribution in [-0.2, 0) is 9.53 Å². The van der Waals surface area contributed by atoms with Crippen LogP contribution < -0.4 is 10.1 Å². The maximum absolute atomic E-state index is 12.5. The quantitative estimate of drug-likeness (QED) is 0.548. The SMILES string of the molecule is COc1cc(Cl)c(C)cc1NC(=O)COC(=O)c1nc(-n2nc(C)cc2C)ccc1Cl. The van der Waals surface area contributed by atoms with Crippen molar-refractivity contribution in [3.05, 3.63) is 63.0 Å². The summed E-state index contributed by atoms with van der Waals surface area (Å²) in [5.41, 5.74) is 2.71. The van der Waals surface area contributed by atoms with Crippen molar-refractivity contribution in [1.29, 1.82) is 0 Å². The van der Waals surface area contributed by atoms with Gasteiger partial charge in [-0.2, -0.15) is 5.10 Å². The number of methoxy groups -OCH3 is 1. The van der Waals surface area contributed by atoms with Crippen LogP contribution in [0.15, 0.2) is 30.3 Å². The van der Waals surface area contributed by atoms with Crippen molar-refractivity contribution >= 4 is 40.8 Å². The topological polar surface area (TPSA) is 95.3 Å². The second-order valence-corrected chi connectivity index (χ2v) is 7.58. The number of anilines is 1. The Hall–Kier alpha value is -3.10. The predicted molar refractivity (Wildman–Crippen MR) is 117 cm³/mol. The number of nitrogens with zero attached hydrogens (tertiary/aromatic N) is 3. The minimum atomic E-state index is -0.831. The molecule has 10 heteroatoms. The molecule has 8 nitrogen and oxygen atoms in total. The number of ether oxygens (including phenoxy) is 2. The molecular weight excluding hydrogens is 443 g/mol. The number of hydrogen-bond acceptors (Lipinski definition) is 6. The van der Waals surface area contributed by atoms with E-state index in [0.29, 0.717) is 22.3 Å². The highest BCUT2D eigenvalue weighted by Gasteiger charge is 2.19. The summed E-state index contributed by atoms with van der Waals surface area (Å²) in [6, 6.07) is 8.30. The van der Waals surface area contributed by atoms with Crippen LogP contribution in [0.1, 0.15) is 27.4 Å². The van der Waals surface area contributed by atoms with Crippen molar-refractivity contribution < 1.29 is 19.1 Å². The monoisotopic (exact) mass is 462 g/mol. The highest BCUT2D eigenvalue weighted by atomic mass is 35.5. The Morgan fingerprint density at radius 3 is 2.48 bits per heavy atom. The molecule has 162 valence electrons. The van der Waals surface area contributed by atoms with E-state index in [1.54, 1.807) is 29.8 Å². The zero-order chi connectivity index (χ0) is 22.7. The van der Waals surface area contributed by atoms with Gasteiger partial charge in [0.05, 0.1) is 23.5 Å². The zero-order valence-corrected chi connectivity index (χ0v) is 18.8. The number of hydrogen-bond donors (Lipinski definition) is 1. The van der Waals surface area contributed by atoms with Crippen molar-refractivity contribution in [3.63, 3.8) is 0 Å². The third-order valence-electron chi connectivity index (χ3n) is 4.34. The summed E-state index contributed by atoms with van der Waals surface area (Å²) in [4.78, 5) is 29.0. The first-order valence-corrected chi connectivity index (χ1v) is 9.96. The van der Waals surface area contributed by atoms with Crippen molar-refractivity contribution in [3.8, 4) is 11.6 Å². The maximum atomic E-state index is 12.5. The van der Waals surface area contributed by atoms with E-state index < -0.39 is 18.5 Å². The van der Waals surface area contributed by atoms with E-state index in [-0.39, 0.29) is 10.7 Å². The Labute approximate surface area is 189 Å². The first-order chi connectivity index (χ1) is 14.7. The Morgan fingerprint density at radius 1 is 1.10 bits per heavy atom. The number of rotatable bonds is 6. The van der Waals surface area contributed by atoms with E-state index in [1.807, 2.05) is 19.9 Å². The number of nitrogens with one attached hydrogen (secondary N) is 1. The standard InChI is InChI=1S/C21H20Cl2N4O4/c1-11-7-16(17(30-4)9-15(11)23)24-19(28)10-31-21(29)20-14(22)5-6-18(25-20)27-13(3)8-12(2)26-27/h5-9H,10H2,1-4H3,(H,24,28). The number of aromatic nitrogens is 3. The molecule has 2 heterocycles. The predicted octanol–water partition coefficient (Wildman–Crippen LogP) is 4.30. The van der Waals surface area contributed by atoms with Crippen LogP contribution in [0.25, 0.3) is 5.82 Å². The lowest BCUT2D eigenvalue weighted by molar-refractivity contribution is -0.119. The van der Waals surface area contributed by atoms with Crippen molar-refractivity contribution in [2.24, 2.45) is 0 Å². The summed E-state index contributed by atoms with van der Waals surface area (Å²) in [6.45, 7) is 4.97. The van der Waals surface area contributed by atoms with E-state index in [4.69, 9.17) is 32.7 Å². The molecule has 0 aliphatic heterocycles. The number of pyridine rings is 1. The fourth-order valence-corrected chi connectivity index (χ4v) is 3.21. The zero-order valence-electron chi connectivity index (χ0n) is 17.3. The van der Waals surface area contributed by atoms with Crippen LogP contribution in [0.2, 0.25) is 10.0 Å². The Bertz CT molecular complexity index is 1160. The fourth-order valence-electron chi connectivity index (χ4n) is 2.87. The van der Waals surface area contributed by atoms with Gasteiger partial charge in [-0.1, -0.05) is 23.2 Å². The molecule has 0 spiro atoms. The van der Waals surface area contributed by atoms with Gasteiger partial charge >= 0.3 is 5.97 Å². The molecule has 0 fully saturated rings. The summed E-state index contributed by atoms with van der Waals surface area (Å²) in [5.74, 6) is -0.590. The van der Waals surface area contributed by atoms with E-state index in [2.05, 4.69) is 15.4 Å². The number of carbonyl (C=O) groups excluding carboxylic acids is 2. The van der Waals surface area contributed by atoms with Gasteiger partial charge in [0.2, 0.25) is 0 Å². The normalized spacial score (nSPS) is 10.6. The van der Waals surface area contributed by atoms with Gasteiger partial charge in [-0.25, -0.2) is 14.5 Å². The molecule has 0 unspecified atom stereocenters. The average Bonchev–Trinajstić information content (AvgIpc) is 3.07. The Kier molecular flexibility index (Phi) is 6.82. The second kappa shape index (κ2) is 9.36. The first kappa shape index (κ1) is 22.6. The number of esters is 1. The van der Waals surface area contributed by atoms with Gasteiger partial charge in [0.15, 0.2) is 18.1 Å². The third-order valence-corrected chi connectivity index (χ3v) is 5.05. The summed E-state index contributed by atoms with van der Waals surface area (Å²) >= 11 is 12.2. The first-order valence-electron chi connectivity index (χ1n) is 9.21.